The Kier molecular flexibility index (Phi) is 6.07. The second kappa shape index (κ2) is 8.51. The maximum Gasteiger partial charge on any atom is 0.310 e. The number of thiol groups is 1. The van der Waals surface area contributed by atoms with Gasteiger partial charge in [-0.25, -0.2) is 4.98 Å². The van der Waals surface area contributed by atoms with Crippen molar-refractivity contribution in [1.82, 2.24) is 9.97 Å². The minimum absolute atomic E-state index is 0.0229. The van der Waals surface area contributed by atoms with E-state index >= 15 is 0 Å². The number of carbonyl (C=O) groups is 1. The average Bonchev–Trinajstić information content (AvgIpc) is 2.87. The summed E-state index contributed by atoms with van der Waals surface area (Å²) in [5.41, 5.74) is 2.67. The Bertz CT molecular complexity index is 1310. The minimum atomic E-state index is -0.636. The second-order valence-electron chi connectivity index (χ2n) is 16.1. The number of aromatic hydroxyl groups is 1. The summed E-state index contributed by atoms with van der Waals surface area (Å²) in [6.07, 6.45) is 11.2. The quantitative estimate of drug-likeness (QED) is 0.192. The maximum absolute atomic E-state index is 13.1. The first kappa shape index (κ1) is 28.6. The number of hydrogen-bond acceptors (Lipinski definition) is 5. The van der Waals surface area contributed by atoms with E-state index < -0.39 is 11.4 Å². The van der Waals surface area contributed by atoms with Crippen LogP contribution < -0.4 is 0 Å². The van der Waals surface area contributed by atoms with E-state index in [9.17, 15) is 15.0 Å². The Morgan fingerprint density at radius 2 is 1.70 bits per heavy atom. The zero-order valence-electron chi connectivity index (χ0n) is 25.9. The van der Waals surface area contributed by atoms with Crippen LogP contribution >= 0.6 is 12.6 Å². The number of fused-ring (bicyclic) bond motifs is 8. The van der Waals surface area contributed by atoms with E-state index in [1.54, 1.807) is 0 Å². The van der Waals surface area contributed by atoms with Crippen LogP contribution in [-0.2, 0) is 16.6 Å². The molecular formula is C34H50N2O3S. The molecule has 6 rings (SSSR count). The van der Waals surface area contributed by atoms with E-state index in [1.807, 2.05) is 0 Å². The monoisotopic (exact) mass is 566 g/mol. The van der Waals surface area contributed by atoms with Gasteiger partial charge in [0.1, 0.15) is 0 Å². The number of allylic oxidation sites excluding steroid dienone is 2. The molecule has 0 unspecified atom stereocenters. The number of nitrogens with zero attached hydrogens (tertiary/aromatic N) is 2. The van der Waals surface area contributed by atoms with Gasteiger partial charge in [-0.2, -0.15) is 4.98 Å². The van der Waals surface area contributed by atoms with Gasteiger partial charge < -0.3 is 10.2 Å². The Hall–Kier alpha value is -1.56. The lowest BCUT2D eigenvalue weighted by molar-refractivity contribution is -0.184. The molecule has 1 aromatic rings. The smallest absolute Gasteiger partial charge is 0.310 e. The van der Waals surface area contributed by atoms with Crippen molar-refractivity contribution in [2.75, 3.05) is 0 Å². The summed E-state index contributed by atoms with van der Waals surface area (Å²) in [5, 5.41) is 22.1. The Morgan fingerprint density at radius 3 is 2.35 bits per heavy atom. The normalized spacial score (nSPS) is 47.1. The summed E-state index contributed by atoms with van der Waals surface area (Å²) in [6.45, 7) is 19.2. The molecule has 5 aliphatic rings. The van der Waals surface area contributed by atoms with Crippen molar-refractivity contribution in [2.24, 2.45) is 50.7 Å². The van der Waals surface area contributed by atoms with Crippen LogP contribution in [-0.4, -0.2) is 26.2 Å². The molecule has 0 spiro atoms. The van der Waals surface area contributed by atoms with Gasteiger partial charge in [-0.3, -0.25) is 4.79 Å². The van der Waals surface area contributed by atoms with Crippen LogP contribution in [0.2, 0.25) is 0 Å². The van der Waals surface area contributed by atoms with E-state index in [-0.39, 0.29) is 38.9 Å². The number of carboxylic acid groups (broad SMARTS) is 1. The van der Waals surface area contributed by atoms with Crippen molar-refractivity contribution < 1.29 is 15.0 Å². The zero-order chi connectivity index (χ0) is 29.3. The Labute approximate surface area is 246 Å². The molecule has 0 amide bonds. The molecule has 9 atom stereocenters. The molecule has 0 bridgehead atoms. The number of rotatable bonds is 2. The first-order valence-corrected chi connectivity index (χ1v) is 16.2. The highest BCUT2D eigenvalue weighted by Crippen LogP contribution is 2.76. The molecule has 6 heteroatoms. The van der Waals surface area contributed by atoms with Gasteiger partial charge in [0.15, 0.2) is 5.16 Å². The fourth-order valence-electron chi connectivity index (χ4n) is 11.9. The predicted octanol–water partition coefficient (Wildman–Crippen LogP) is 8.01. The number of hydrogen-bond donors (Lipinski definition) is 3. The third-order valence-corrected chi connectivity index (χ3v) is 15.0. The molecule has 0 saturated heterocycles. The van der Waals surface area contributed by atoms with Gasteiger partial charge in [-0.1, -0.05) is 73.5 Å². The summed E-state index contributed by atoms with van der Waals surface area (Å²) in [5.74, 6) is 0.824. The van der Waals surface area contributed by atoms with Crippen molar-refractivity contribution in [3.8, 4) is 5.88 Å². The van der Waals surface area contributed by atoms with E-state index in [0.29, 0.717) is 22.9 Å². The average molecular weight is 567 g/mol. The second-order valence-corrected chi connectivity index (χ2v) is 16.5. The van der Waals surface area contributed by atoms with Gasteiger partial charge in [0.25, 0.3) is 0 Å². The molecule has 2 N–H and O–H groups in total. The van der Waals surface area contributed by atoms with E-state index in [2.05, 4.69) is 79.1 Å². The largest absolute Gasteiger partial charge is 0.493 e. The van der Waals surface area contributed by atoms with Crippen LogP contribution in [0.1, 0.15) is 118 Å². The number of carboxylic acids is 1. The van der Waals surface area contributed by atoms with Crippen molar-refractivity contribution in [2.45, 2.75) is 124 Å². The van der Waals surface area contributed by atoms with Crippen LogP contribution in [0.15, 0.2) is 16.8 Å². The summed E-state index contributed by atoms with van der Waals surface area (Å²) < 4.78 is 0. The lowest BCUT2D eigenvalue weighted by Crippen LogP contribution is -2.65. The zero-order valence-corrected chi connectivity index (χ0v) is 26.8. The predicted molar refractivity (Wildman–Crippen MR) is 161 cm³/mol. The van der Waals surface area contributed by atoms with Crippen molar-refractivity contribution >= 4 is 18.6 Å². The molecule has 0 radical (unpaired) electrons. The highest BCUT2D eigenvalue weighted by atomic mass is 32.1. The summed E-state index contributed by atoms with van der Waals surface area (Å²) >= 11 is 4.41. The number of aromatic nitrogens is 2. The van der Waals surface area contributed by atoms with Gasteiger partial charge in [0, 0.05) is 11.0 Å². The molecular weight excluding hydrogens is 516 g/mol. The lowest BCUT2D eigenvalue weighted by atomic mass is 9.33. The minimum Gasteiger partial charge on any atom is -0.493 e. The van der Waals surface area contributed by atoms with Crippen molar-refractivity contribution in [1.29, 1.82) is 0 Å². The van der Waals surface area contributed by atoms with E-state index in [1.165, 1.54) is 5.57 Å². The lowest BCUT2D eigenvalue weighted by Gasteiger charge is -2.71. The van der Waals surface area contributed by atoms with Gasteiger partial charge in [-0.05, 0) is 96.7 Å². The standard InChI is InChI=1S/C34H50N2O3S/c1-9-30(5)14-16-34(27(38)39)17-15-32(7)21(24(34)19(30)2)10-11-23-31(6)18-20-25(35-28(40)36-26(20)37)29(3,4)22(31)12-13-33(23,32)8/h10,19,22-24H,9,11-18H2,1-8H3,(H,38,39)(H2,35,36,37,40)/t19-,22+,23-,24+,30+,31+,32-,33-,34+/m1/s1. The molecule has 3 fully saturated rings. The Morgan fingerprint density at radius 1 is 1.02 bits per heavy atom. The molecule has 3 saturated carbocycles. The molecule has 0 aromatic carbocycles. The molecule has 5 aliphatic carbocycles. The molecule has 220 valence electrons. The molecule has 40 heavy (non-hydrogen) atoms. The Balaban J connectivity index is 1.49. The fraction of sp³-hybridized carbons (Fsp3) is 0.794. The van der Waals surface area contributed by atoms with Gasteiger partial charge >= 0.3 is 5.97 Å². The van der Waals surface area contributed by atoms with Crippen LogP contribution in [0.3, 0.4) is 0 Å². The van der Waals surface area contributed by atoms with Crippen LogP contribution in [0, 0.1) is 50.7 Å². The fourth-order valence-corrected chi connectivity index (χ4v) is 12.1. The van der Waals surface area contributed by atoms with Crippen LogP contribution in [0.25, 0.3) is 0 Å². The van der Waals surface area contributed by atoms with Crippen molar-refractivity contribution in [3.63, 3.8) is 0 Å². The van der Waals surface area contributed by atoms with Gasteiger partial charge in [0.05, 0.1) is 11.1 Å². The van der Waals surface area contributed by atoms with Crippen LogP contribution in [0.4, 0.5) is 0 Å². The first-order chi connectivity index (χ1) is 18.5. The van der Waals surface area contributed by atoms with E-state index in [4.69, 9.17) is 4.98 Å². The first-order valence-electron chi connectivity index (χ1n) is 15.7. The molecule has 1 aromatic heterocycles. The van der Waals surface area contributed by atoms with Gasteiger partial charge in [-0.15, -0.1) is 12.6 Å². The summed E-state index contributed by atoms with van der Waals surface area (Å²) in [6, 6.07) is 0. The third kappa shape index (κ3) is 3.26. The topological polar surface area (TPSA) is 83.3 Å². The van der Waals surface area contributed by atoms with E-state index in [0.717, 1.165) is 69.0 Å². The van der Waals surface area contributed by atoms with Crippen LogP contribution in [0.5, 0.6) is 5.88 Å². The summed E-state index contributed by atoms with van der Waals surface area (Å²) in [7, 11) is 0. The third-order valence-electron chi connectivity index (χ3n) is 14.8. The molecule has 5 nitrogen and oxygen atoms in total. The van der Waals surface area contributed by atoms with Gasteiger partial charge in [0.2, 0.25) is 5.88 Å². The maximum atomic E-state index is 13.1. The highest BCUT2D eigenvalue weighted by molar-refractivity contribution is 7.80. The number of aliphatic carboxylic acids is 1. The summed E-state index contributed by atoms with van der Waals surface area (Å²) in [4.78, 5) is 22.1. The molecule has 1 heterocycles. The van der Waals surface area contributed by atoms with Crippen molar-refractivity contribution in [3.05, 3.63) is 22.9 Å². The SMILES string of the molecule is CC[C@@]1(C)CC[C@]2(C(=O)O)CC[C@]3(C)C(=CC[C@@H]4[C@@]5(C)Cc6c(O)nc(S)nc6C(C)(C)[C@@H]5CC[C@]43C)[C@@H]2[C@H]1C. The highest BCUT2D eigenvalue weighted by Gasteiger charge is 2.70. The molecule has 0 aliphatic heterocycles.